The Kier molecular flexibility index (Phi) is 14.7. The summed E-state index contributed by atoms with van der Waals surface area (Å²) in [5, 5.41) is 18.1. The van der Waals surface area contributed by atoms with Crippen LogP contribution in [0.5, 0.6) is 0 Å². The van der Waals surface area contributed by atoms with Crippen molar-refractivity contribution in [3.8, 4) is 0 Å². The van der Waals surface area contributed by atoms with Gasteiger partial charge in [-0.15, -0.1) is 5.10 Å². The van der Waals surface area contributed by atoms with E-state index in [4.69, 9.17) is 28.1 Å². The van der Waals surface area contributed by atoms with Gasteiger partial charge in [0.1, 0.15) is 11.4 Å². The van der Waals surface area contributed by atoms with Crippen molar-refractivity contribution in [3.63, 3.8) is 0 Å². The topological polar surface area (TPSA) is 168 Å². The highest BCUT2D eigenvalue weighted by atomic mass is 28.4. The van der Waals surface area contributed by atoms with Gasteiger partial charge in [0.15, 0.2) is 0 Å². The molecule has 0 amide bonds. The predicted molar refractivity (Wildman–Crippen MR) is 119 cm³/mol. The molecule has 34 heavy (non-hydrogen) atoms. The van der Waals surface area contributed by atoms with E-state index >= 15 is 0 Å². The Morgan fingerprint density at radius 3 is 2.03 bits per heavy atom. The highest BCUT2D eigenvalue weighted by Gasteiger charge is 2.30. The smallest absolute Gasteiger partial charge is 0.390 e. The van der Waals surface area contributed by atoms with Crippen LogP contribution >= 0.6 is 0 Å². The summed E-state index contributed by atoms with van der Waals surface area (Å²) >= 11 is 0. The molecule has 0 unspecified atom stereocenters. The van der Waals surface area contributed by atoms with Crippen molar-refractivity contribution in [2.75, 3.05) is 59.5 Å². The van der Waals surface area contributed by atoms with Crippen LogP contribution in [0, 0.1) is 0 Å². The monoisotopic (exact) mass is 504 g/mol. The fraction of sp³-hybridized carbons (Fsp3) is 0.789. The second kappa shape index (κ2) is 17.6. The molecule has 2 heterocycles. The first-order valence-corrected chi connectivity index (χ1v) is 13.3. The van der Waals surface area contributed by atoms with E-state index in [2.05, 4.69) is 25.7 Å². The Morgan fingerprint density at radius 1 is 0.882 bits per heavy atom. The Morgan fingerprint density at radius 2 is 1.47 bits per heavy atom. The maximum atomic E-state index is 9.69. The molecule has 0 spiro atoms. The van der Waals surface area contributed by atoms with Gasteiger partial charge in [0, 0.05) is 19.2 Å². The van der Waals surface area contributed by atoms with E-state index < -0.39 is 8.80 Å². The van der Waals surface area contributed by atoms with E-state index in [9.17, 15) is 9.59 Å². The standard InChI is InChI=1S/C19H36N6O8Si/c1-2-33-34(26,27)13-3-4-25-15-19(22-24-25)17-32-12-10-30-8-6-28-5-7-29-9-11-31-16-18-14-20-23-21-18/h14-15,26-27H,2-13,16-17H2,1H3,(H,20,21,23). The molecule has 0 aliphatic carbocycles. The van der Waals surface area contributed by atoms with Crippen LogP contribution in [0.15, 0.2) is 12.4 Å². The van der Waals surface area contributed by atoms with Crippen molar-refractivity contribution in [1.29, 1.82) is 0 Å². The molecular weight excluding hydrogens is 468 g/mol. The van der Waals surface area contributed by atoms with Gasteiger partial charge in [-0.1, -0.05) is 5.21 Å². The number of aryl methyl sites for hydroxylation is 1. The summed E-state index contributed by atoms with van der Waals surface area (Å²) in [6.07, 6.45) is 3.94. The van der Waals surface area contributed by atoms with Crippen LogP contribution in [0.25, 0.3) is 0 Å². The van der Waals surface area contributed by atoms with Gasteiger partial charge in [0.05, 0.1) is 78.5 Å². The Bertz CT molecular complexity index is 736. The normalized spacial score (nSPS) is 12.0. The van der Waals surface area contributed by atoms with E-state index in [1.165, 1.54) is 0 Å². The second-order valence-electron chi connectivity index (χ2n) is 7.16. The second-order valence-corrected chi connectivity index (χ2v) is 9.43. The predicted octanol–water partition coefficient (Wildman–Crippen LogP) is -0.470. The van der Waals surface area contributed by atoms with Crippen LogP contribution in [0.1, 0.15) is 24.7 Å². The molecule has 0 aliphatic rings. The number of nitrogens with one attached hydrogen (secondary N) is 1. The van der Waals surface area contributed by atoms with E-state index in [-0.39, 0.29) is 6.04 Å². The van der Waals surface area contributed by atoms with Crippen molar-refractivity contribution >= 4 is 8.80 Å². The van der Waals surface area contributed by atoms with Gasteiger partial charge in [-0.2, -0.15) is 15.4 Å². The molecule has 2 aromatic rings. The van der Waals surface area contributed by atoms with Gasteiger partial charge >= 0.3 is 8.80 Å². The Balaban J connectivity index is 1.32. The lowest BCUT2D eigenvalue weighted by atomic mass is 10.4. The molecule has 0 saturated carbocycles. The van der Waals surface area contributed by atoms with E-state index in [0.29, 0.717) is 91.3 Å². The quantitative estimate of drug-likeness (QED) is 0.139. The fourth-order valence-corrected chi connectivity index (χ4v) is 3.94. The van der Waals surface area contributed by atoms with Crippen LogP contribution in [-0.4, -0.2) is 108 Å². The van der Waals surface area contributed by atoms with Crippen LogP contribution in [-0.2, 0) is 47.9 Å². The lowest BCUT2D eigenvalue weighted by Crippen LogP contribution is -2.38. The first-order valence-electron chi connectivity index (χ1n) is 11.3. The van der Waals surface area contributed by atoms with Crippen LogP contribution in [0.4, 0.5) is 0 Å². The molecule has 0 aliphatic heterocycles. The van der Waals surface area contributed by atoms with Crippen molar-refractivity contribution in [2.45, 2.75) is 39.1 Å². The number of hydrogen-bond acceptors (Lipinski definition) is 12. The molecule has 0 saturated heterocycles. The summed E-state index contributed by atoms with van der Waals surface area (Å²) in [6.45, 7) is 7.09. The van der Waals surface area contributed by atoms with Crippen LogP contribution in [0.2, 0.25) is 6.04 Å². The third-order valence-electron chi connectivity index (χ3n) is 4.30. The number of nitrogens with zero attached hydrogens (tertiary/aromatic N) is 5. The van der Waals surface area contributed by atoms with Gasteiger partial charge in [0.2, 0.25) is 0 Å². The average molecular weight is 505 g/mol. The van der Waals surface area contributed by atoms with Gasteiger partial charge in [0.25, 0.3) is 0 Å². The first-order chi connectivity index (χ1) is 16.6. The number of aromatic nitrogens is 6. The fourth-order valence-electron chi connectivity index (χ4n) is 2.71. The third-order valence-corrected chi connectivity index (χ3v) is 6.06. The summed E-state index contributed by atoms with van der Waals surface area (Å²) in [5.74, 6) is 0. The molecular formula is C19H36N6O8Si. The Labute approximate surface area is 199 Å². The average Bonchev–Trinajstić information content (AvgIpc) is 3.48. The lowest BCUT2D eigenvalue weighted by molar-refractivity contribution is -0.0141. The number of hydrogen-bond donors (Lipinski definition) is 3. The molecule has 0 bridgehead atoms. The molecule has 14 nitrogen and oxygen atoms in total. The number of aromatic amines is 1. The zero-order valence-electron chi connectivity index (χ0n) is 19.6. The highest BCUT2D eigenvalue weighted by molar-refractivity contribution is 6.57. The van der Waals surface area contributed by atoms with Crippen molar-refractivity contribution < 1.29 is 37.7 Å². The summed E-state index contributed by atoms with van der Waals surface area (Å²) in [5.41, 5.74) is 1.46. The Hall–Kier alpha value is -1.82. The number of H-pyrrole nitrogens is 1. The summed E-state index contributed by atoms with van der Waals surface area (Å²) in [7, 11) is -3.54. The maximum Gasteiger partial charge on any atom is 0.495 e. The van der Waals surface area contributed by atoms with Gasteiger partial charge in [-0.3, -0.25) is 4.68 Å². The van der Waals surface area contributed by atoms with Crippen molar-refractivity contribution in [2.24, 2.45) is 0 Å². The van der Waals surface area contributed by atoms with E-state index in [0.717, 1.165) is 5.69 Å². The van der Waals surface area contributed by atoms with Gasteiger partial charge in [-0.05, 0) is 13.3 Å². The number of ether oxygens (including phenoxy) is 5. The highest BCUT2D eigenvalue weighted by Crippen LogP contribution is 2.08. The minimum atomic E-state index is -3.54. The maximum absolute atomic E-state index is 9.69. The SMILES string of the molecule is CCO[Si](O)(O)CCCn1cc(COCCOCCOCCOCCOCc2cn[nH]n2)nn1. The molecule has 0 fully saturated rings. The zero-order chi connectivity index (χ0) is 24.3. The minimum Gasteiger partial charge on any atom is -0.390 e. The molecule has 15 heteroatoms. The minimum absolute atomic E-state index is 0.223. The van der Waals surface area contributed by atoms with Crippen LogP contribution in [0.3, 0.4) is 0 Å². The van der Waals surface area contributed by atoms with E-state index in [1.807, 2.05) is 0 Å². The molecule has 0 atom stereocenters. The van der Waals surface area contributed by atoms with E-state index in [1.54, 1.807) is 24.0 Å². The van der Waals surface area contributed by atoms with Crippen LogP contribution < -0.4 is 0 Å². The summed E-state index contributed by atoms with van der Waals surface area (Å²) in [4.78, 5) is 19.4. The van der Waals surface area contributed by atoms with Crippen molar-refractivity contribution in [3.05, 3.63) is 23.8 Å². The molecule has 194 valence electrons. The first kappa shape index (κ1) is 28.4. The van der Waals surface area contributed by atoms with Gasteiger partial charge < -0.3 is 37.7 Å². The largest absolute Gasteiger partial charge is 0.495 e. The third kappa shape index (κ3) is 13.8. The molecule has 0 radical (unpaired) electrons. The summed E-state index contributed by atoms with van der Waals surface area (Å²) < 4.78 is 33.8. The molecule has 0 aromatic carbocycles. The number of rotatable bonds is 22. The zero-order valence-corrected chi connectivity index (χ0v) is 20.6. The molecule has 2 aromatic heterocycles. The molecule has 2 rings (SSSR count). The summed E-state index contributed by atoms with van der Waals surface area (Å²) in [6, 6.07) is 0.223. The van der Waals surface area contributed by atoms with Crippen molar-refractivity contribution in [1.82, 2.24) is 30.4 Å². The lowest BCUT2D eigenvalue weighted by Gasteiger charge is -2.15. The van der Waals surface area contributed by atoms with Gasteiger partial charge in [-0.25, -0.2) is 0 Å². The molecule has 3 N–H and O–H groups in total.